The molecule has 15 heavy (non-hydrogen) atoms. The lowest BCUT2D eigenvalue weighted by molar-refractivity contribution is 0.0450. The van der Waals surface area contributed by atoms with Crippen LogP contribution in [-0.2, 0) is 0 Å². The van der Waals surface area contributed by atoms with Crippen molar-refractivity contribution in [3.05, 3.63) is 0 Å². The Morgan fingerprint density at radius 3 is 1.13 bits per heavy atom. The zero-order valence-corrected chi connectivity index (χ0v) is 9.18. The van der Waals surface area contributed by atoms with Gasteiger partial charge in [-0.3, -0.25) is 0 Å². The summed E-state index contributed by atoms with van der Waals surface area (Å²) in [5.41, 5.74) is 0. The molecule has 5 heteroatoms. The van der Waals surface area contributed by atoms with Crippen LogP contribution in [0.25, 0.3) is 0 Å². The molecule has 0 aliphatic carbocycles. The summed E-state index contributed by atoms with van der Waals surface area (Å²) in [5, 5.41) is 40.8. The zero-order chi connectivity index (χ0) is 11.9. The summed E-state index contributed by atoms with van der Waals surface area (Å²) in [6.07, 6.45) is 4.19. The number of aliphatic hydroxyl groups excluding tert-OH is 5. The second-order valence-electron chi connectivity index (χ2n) is 3.23. The zero-order valence-electron chi connectivity index (χ0n) is 9.18. The van der Waals surface area contributed by atoms with Crippen molar-refractivity contribution < 1.29 is 25.5 Å². The minimum atomic E-state index is -0.954. The first-order valence-electron chi connectivity index (χ1n) is 5.34. The first kappa shape index (κ1) is 17.2. The third-order valence-corrected chi connectivity index (χ3v) is 1.74. The molecule has 0 aliphatic heterocycles. The SMILES string of the molecule is OCC(O)CO.OCCCCCCCO. The van der Waals surface area contributed by atoms with E-state index in [0.29, 0.717) is 13.2 Å². The lowest BCUT2D eigenvalue weighted by Gasteiger charge is -1.96. The number of rotatable bonds is 8. The average Bonchev–Trinajstić information content (AvgIpc) is 2.29. The second-order valence-corrected chi connectivity index (χ2v) is 3.23. The highest BCUT2D eigenvalue weighted by Gasteiger charge is 1.93. The van der Waals surface area contributed by atoms with E-state index in [4.69, 9.17) is 25.5 Å². The summed E-state index contributed by atoms with van der Waals surface area (Å²) in [6.45, 7) is -0.120. The van der Waals surface area contributed by atoms with Crippen LogP contribution >= 0.6 is 0 Å². The number of unbranched alkanes of at least 4 members (excludes halogenated alkanes) is 4. The Bertz CT molecular complexity index is 89.8. The Kier molecular flexibility index (Phi) is 18.6. The summed E-state index contributed by atoms with van der Waals surface area (Å²) in [7, 11) is 0. The molecule has 0 heterocycles. The second kappa shape index (κ2) is 16.2. The Labute approximate surface area is 91.0 Å². The van der Waals surface area contributed by atoms with Gasteiger partial charge in [0.1, 0.15) is 6.10 Å². The summed E-state index contributed by atoms with van der Waals surface area (Å²) < 4.78 is 0. The molecule has 5 nitrogen and oxygen atoms in total. The van der Waals surface area contributed by atoms with E-state index in [9.17, 15) is 0 Å². The van der Waals surface area contributed by atoms with Gasteiger partial charge in [-0.1, -0.05) is 19.3 Å². The van der Waals surface area contributed by atoms with E-state index in [2.05, 4.69) is 0 Å². The van der Waals surface area contributed by atoms with E-state index in [-0.39, 0.29) is 13.2 Å². The maximum atomic E-state index is 8.37. The van der Waals surface area contributed by atoms with Gasteiger partial charge in [0.15, 0.2) is 0 Å². The van der Waals surface area contributed by atoms with E-state index < -0.39 is 6.10 Å². The Hall–Kier alpha value is -0.200. The third kappa shape index (κ3) is 20.0. The van der Waals surface area contributed by atoms with E-state index in [1.807, 2.05) is 0 Å². The van der Waals surface area contributed by atoms with Crippen molar-refractivity contribution in [2.24, 2.45) is 0 Å². The molecule has 0 radical (unpaired) electrons. The predicted octanol–water partition coefficient (Wildman–Crippen LogP) is -0.747. The van der Waals surface area contributed by atoms with E-state index in [1.54, 1.807) is 0 Å². The molecule has 0 unspecified atom stereocenters. The smallest absolute Gasteiger partial charge is 0.100 e. The van der Waals surface area contributed by atoms with Crippen LogP contribution in [-0.4, -0.2) is 58.1 Å². The lowest BCUT2D eigenvalue weighted by Crippen LogP contribution is -2.15. The van der Waals surface area contributed by atoms with Crippen molar-refractivity contribution >= 4 is 0 Å². The van der Waals surface area contributed by atoms with Crippen molar-refractivity contribution in [1.29, 1.82) is 0 Å². The molecular formula is C10H24O5. The van der Waals surface area contributed by atoms with Crippen molar-refractivity contribution in [2.75, 3.05) is 26.4 Å². The highest BCUT2D eigenvalue weighted by atomic mass is 16.3. The van der Waals surface area contributed by atoms with Gasteiger partial charge in [0, 0.05) is 13.2 Å². The van der Waals surface area contributed by atoms with Crippen LogP contribution in [0.1, 0.15) is 32.1 Å². The van der Waals surface area contributed by atoms with E-state index in [0.717, 1.165) is 32.1 Å². The summed E-state index contributed by atoms with van der Waals surface area (Å²) >= 11 is 0. The third-order valence-electron chi connectivity index (χ3n) is 1.74. The Balaban J connectivity index is 0. The van der Waals surface area contributed by atoms with Gasteiger partial charge in [-0.15, -0.1) is 0 Å². The van der Waals surface area contributed by atoms with E-state index in [1.165, 1.54) is 0 Å². The molecule has 0 aromatic heterocycles. The molecule has 0 aliphatic rings. The van der Waals surface area contributed by atoms with Crippen molar-refractivity contribution in [2.45, 2.75) is 38.2 Å². The average molecular weight is 224 g/mol. The molecule has 5 N–H and O–H groups in total. The highest BCUT2D eigenvalue weighted by molar-refractivity contribution is 4.44. The van der Waals surface area contributed by atoms with Gasteiger partial charge in [-0.25, -0.2) is 0 Å². The molecule has 0 atom stereocenters. The fraction of sp³-hybridized carbons (Fsp3) is 1.00. The highest BCUT2D eigenvalue weighted by Crippen LogP contribution is 2.00. The van der Waals surface area contributed by atoms with Crippen LogP contribution in [0.15, 0.2) is 0 Å². The Morgan fingerprint density at radius 1 is 0.600 bits per heavy atom. The molecule has 0 saturated carbocycles. The fourth-order valence-electron chi connectivity index (χ4n) is 0.812. The molecule has 0 bridgehead atoms. The van der Waals surface area contributed by atoms with Gasteiger partial charge < -0.3 is 25.5 Å². The van der Waals surface area contributed by atoms with Gasteiger partial charge in [-0.05, 0) is 12.8 Å². The first-order valence-corrected chi connectivity index (χ1v) is 5.34. The van der Waals surface area contributed by atoms with Gasteiger partial charge in [0.25, 0.3) is 0 Å². The summed E-state index contributed by atoms with van der Waals surface area (Å²) in [4.78, 5) is 0. The lowest BCUT2D eigenvalue weighted by atomic mass is 10.2. The van der Waals surface area contributed by atoms with Crippen molar-refractivity contribution in [3.8, 4) is 0 Å². The van der Waals surface area contributed by atoms with Crippen molar-refractivity contribution in [3.63, 3.8) is 0 Å². The van der Waals surface area contributed by atoms with Gasteiger partial charge in [0.2, 0.25) is 0 Å². The topological polar surface area (TPSA) is 101 Å². The standard InChI is InChI=1S/C7H16O2.C3H8O3/c8-6-4-2-1-3-5-7-9;4-1-3(6)2-5/h8-9H,1-7H2;3-6H,1-2H2. The predicted molar refractivity (Wildman–Crippen MR) is 57.4 cm³/mol. The molecule has 0 fully saturated rings. The van der Waals surface area contributed by atoms with E-state index >= 15 is 0 Å². The minimum Gasteiger partial charge on any atom is -0.396 e. The summed E-state index contributed by atoms with van der Waals surface area (Å²) in [6, 6.07) is 0. The van der Waals surface area contributed by atoms with Gasteiger partial charge in [-0.2, -0.15) is 0 Å². The maximum Gasteiger partial charge on any atom is 0.100 e. The molecule has 94 valence electrons. The Morgan fingerprint density at radius 2 is 0.933 bits per heavy atom. The van der Waals surface area contributed by atoms with Crippen LogP contribution in [0.4, 0.5) is 0 Å². The fourth-order valence-corrected chi connectivity index (χ4v) is 0.812. The minimum absolute atomic E-state index is 0.305. The molecule has 0 aromatic rings. The molecule has 0 saturated heterocycles. The van der Waals surface area contributed by atoms with Crippen LogP contribution < -0.4 is 0 Å². The molecule has 0 spiro atoms. The molecular weight excluding hydrogens is 200 g/mol. The molecule has 0 amide bonds. The monoisotopic (exact) mass is 224 g/mol. The van der Waals surface area contributed by atoms with Crippen molar-refractivity contribution in [1.82, 2.24) is 0 Å². The van der Waals surface area contributed by atoms with Gasteiger partial charge in [0.05, 0.1) is 13.2 Å². The quantitative estimate of drug-likeness (QED) is 0.349. The number of aliphatic hydroxyl groups is 5. The largest absolute Gasteiger partial charge is 0.396 e. The van der Waals surface area contributed by atoms with Crippen LogP contribution in [0.2, 0.25) is 0 Å². The molecule has 0 aromatic carbocycles. The van der Waals surface area contributed by atoms with Crippen LogP contribution in [0.3, 0.4) is 0 Å². The van der Waals surface area contributed by atoms with Gasteiger partial charge >= 0.3 is 0 Å². The number of hydrogen-bond acceptors (Lipinski definition) is 5. The molecule has 0 rings (SSSR count). The maximum absolute atomic E-state index is 8.37. The summed E-state index contributed by atoms with van der Waals surface area (Å²) in [5.74, 6) is 0. The number of hydrogen-bond donors (Lipinski definition) is 5. The normalized spacial score (nSPS) is 10.0. The van der Waals surface area contributed by atoms with Crippen LogP contribution in [0, 0.1) is 0 Å². The first-order chi connectivity index (χ1) is 7.22. The van der Waals surface area contributed by atoms with Crippen LogP contribution in [0.5, 0.6) is 0 Å².